The summed E-state index contributed by atoms with van der Waals surface area (Å²) in [6.45, 7) is 4.94. The highest BCUT2D eigenvalue weighted by molar-refractivity contribution is 7.80. The van der Waals surface area contributed by atoms with Gasteiger partial charge in [-0.15, -0.1) is 0 Å². The molecular weight excluding hydrogens is 156 g/mol. The molecule has 0 amide bonds. The van der Waals surface area contributed by atoms with Gasteiger partial charge in [0.25, 0.3) is 0 Å². The highest BCUT2D eigenvalue weighted by Crippen LogP contribution is 2.15. The second-order valence-electron chi connectivity index (χ2n) is 2.62. The van der Waals surface area contributed by atoms with E-state index in [1.54, 1.807) is 20.8 Å². The average molecular weight is 168 g/mol. The predicted octanol–water partition coefficient (Wildman–Crippen LogP) is 0.994. The summed E-state index contributed by atoms with van der Waals surface area (Å²) in [7, 11) is -4.29. The fourth-order valence-electron chi connectivity index (χ4n) is 0.344. The van der Waals surface area contributed by atoms with E-state index < -0.39 is 16.0 Å². The molecule has 5 heteroatoms. The van der Waals surface area contributed by atoms with Gasteiger partial charge in [-0.25, -0.2) is 4.18 Å². The van der Waals surface area contributed by atoms with E-state index in [4.69, 9.17) is 4.55 Å². The molecule has 0 atom stereocenters. The Hall–Kier alpha value is -0.130. The maximum atomic E-state index is 10.1. The molecule has 0 saturated heterocycles. The van der Waals surface area contributed by atoms with Crippen LogP contribution in [0.1, 0.15) is 27.2 Å². The smallest absolute Gasteiger partial charge is 0.264 e. The summed E-state index contributed by atoms with van der Waals surface area (Å²) in [5.41, 5.74) is -0.812. The molecule has 10 heavy (non-hydrogen) atoms. The van der Waals surface area contributed by atoms with Gasteiger partial charge < -0.3 is 0 Å². The molecule has 0 aliphatic rings. The normalized spacial score (nSPS) is 13.6. The van der Waals surface area contributed by atoms with Crippen molar-refractivity contribution in [3.8, 4) is 0 Å². The van der Waals surface area contributed by atoms with Gasteiger partial charge in [0.15, 0.2) is 0 Å². The minimum absolute atomic E-state index is 0.521. The van der Waals surface area contributed by atoms with Crippen LogP contribution in [0.25, 0.3) is 0 Å². The van der Waals surface area contributed by atoms with E-state index in [1.807, 2.05) is 0 Å². The minimum Gasteiger partial charge on any atom is -0.264 e. The molecule has 0 saturated carbocycles. The minimum atomic E-state index is -4.29. The van der Waals surface area contributed by atoms with Gasteiger partial charge in [0, 0.05) is 0 Å². The van der Waals surface area contributed by atoms with Crippen molar-refractivity contribution in [1.82, 2.24) is 0 Å². The van der Waals surface area contributed by atoms with Gasteiger partial charge >= 0.3 is 10.4 Å². The topological polar surface area (TPSA) is 63.6 Å². The van der Waals surface area contributed by atoms with Crippen LogP contribution in [-0.4, -0.2) is 18.6 Å². The summed E-state index contributed by atoms with van der Waals surface area (Å²) in [5.74, 6) is 0. The third-order valence-electron chi connectivity index (χ3n) is 1.18. The maximum Gasteiger partial charge on any atom is 0.397 e. The van der Waals surface area contributed by atoms with Crippen molar-refractivity contribution in [2.75, 3.05) is 0 Å². The molecule has 0 aromatic rings. The molecule has 0 heterocycles. The van der Waals surface area contributed by atoms with Crippen molar-refractivity contribution >= 4 is 10.4 Å². The summed E-state index contributed by atoms with van der Waals surface area (Å²) >= 11 is 0. The van der Waals surface area contributed by atoms with E-state index >= 15 is 0 Å². The van der Waals surface area contributed by atoms with E-state index in [2.05, 4.69) is 4.18 Å². The Labute approximate surface area is 61.2 Å². The first kappa shape index (κ1) is 9.87. The Bertz CT molecular complexity index is 192. The summed E-state index contributed by atoms with van der Waals surface area (Å²) in [6, 6.07) is 0. The molecule has 62 valence electrons. The standard InChI is InChI=1S/C5H12O4S/c1-4-5(2,3)9-10(6,7)8/h4H2,1-3H3,(H,6,7,8). The van der Waals surface area contributed by atoms with Crippen LogP contribution in [0.5, 0.6) is 0 Å². The number of rotatable bonds is 3. The number of hydrogen-bond acceptors (Lipinski definition) is 3. The van der Waals surface area contributed by atoms with Crippen LogP contribution in [0.2, 0.25) is 0 Å². The molecule has 0 spiro atoms. The zero-order valence-electron chi connectivity index (χ0n) is 6.29. The molecule has 1 N–H and O–H groups in total. The second kappa shape index (κ2) is 2.86. The van der Waals surface area contributed by atoms with Crippen molar-refractivity contribution in [3.05, 3.63) is 0 Å². The Morgan fingerprint density at radius 1 is 1.50 bits per heavy atom. The molecular formula is C5H12O4S. The molecule has 0 radical (unpaired) electrons. The number of hydrogen-bond donors (Lipinski definition) is 1. The van der Waals surface area contributed by atoms with Crippen LogP contribution in [-0.2, 0) is 14.6 Å². The van der Waals surface area contributed by atoms with Gasteiger partial charge in [-0.05, 0) is 20.3 Å². The SMILES string of the molecule is CCC(C)(C)OS(=O)(=O)O. The molecule has 0 rings (SSSR count). The summed E-state index contributed by atoms with van der Waals surface area (Å²) in [6.07, 6.45) is 0.521. The lowest BCUT2D eigenvalue weighted by Gasteiger charge is -2.19. The molecule has 0 aliphatic carbocycles. The first-order valence-corrected chi connectivity index (χ1v) is 4.31. The maximum absolute atomic E-state index is 10.1. The zero-order chi connectivity index (χ0) is 8.41. The molecule has 4 nitrogen and oxygen atoms in total. The van der Waals surface area contributed by atoms with Gasteiger partial charge in [0.2, 0.25) is 0 Å². The van der Waals surface area contributed by atoms with Crippen LogP contribution in [0.4, 0.5) is 0 Å². The molecule has 0 fully saturated rings. The highest BCUT2D eigenvalue weighted by atomic mass is 32.3. The average Bonchev–Trinajstić information content (AvgIpc) is 1.60. The molecule has 0 aliphatic heterocycles. The van der Waals surface area contributed by atoms with Gasteiger partial charge in [0.05, 0.1) is 5.60 Å². The van der Waals surface area contributed by atoms with Gasteiger partial charge in [-0.2, -0.15) is 8.42 Å². The monoisotopic (exact) mass is 168 g/mol. The van der Waals surface area contributed by atoms with Crippen LogP contribution < -0.4 is 0 Å². The Balaban J connectivity index is 4.16. The summed E-state index contributed by atoms with van der Waals surface area (Å²) in [5, 5.41) is 0. The third-order valence-corrected chi connectivity index (χ3v) is 1.84. The second-order valence-corrected chi connectivity index (χ2v) is 3.65. The zero-order valence-corrected chi connectivity index (χ0v) is 7.10. The van der Waals surface area contributed by atoms with Gasteiger partial charge in [-0.3, -0.25) is 4.55 Å². The van der Waals surface area contributed by atoms with Crippen molar-refractivity contribution in [1.29, 1.82) is 0 Å². The third kappa shape index (κ3) is 4.72. The van der Waals surface area contributed by atoms with E-state index in [0.717, 1.165) is 0 Å². The lowest BCUT2D eigenvalue weighted by molar-refractivity contribution is 0.0958. The van der Waals surface area contributed by atoms with Crippen LogP contribution in [0.3, 0.4) is 0 Å². The van der Waals surface area contributed by atoms with Crippen LogP contribution >= 0.6 is 0 Å². The highest BCUT2D eigenvalue weighted by Gasteiger charge is 2.22. The van der Waals surface area contributed by atoms with Crippen molar-refractivity contribution < 1.29 is 17.2 Å². The van der Waals surface area contributed by atoms with Crippen molar-refractivity contribution in [3.63, 3.8) is 0 Å². The van der Waals surface area contributed by atoms with E-state index in [1.165, 1.54) is 0 Å². The fraction of sp³-hybridized carbons (Fsp3) is 1.00. The van der Waals surface area contributed by atoms with E-state index in [-0.39, 0.29) is 0 Å². The Morgan fingerprint density at radius 2 is 1.90 bits per heavy atom. The largest absolute Gasteiger partial charge is 0.397 e. The van der Waals surface area contributed by atoms with E-state index in [0.29, 0.717) is 6.42 Å². The van der Waals surface area contributed by atoms with Crippen molar-refractivity contribution in [2.24, 2.45) is 0 Å². The first-order chi connectivity index (χ1) is 4.27. The van der Waals surface area contributed by atoms with Crippen molar-refractivity contribution in [2.45, 2.75) is 32.8 Å². The van der Waals surface area contributed by atoms with E-state index in [9.17, 15) is 8.42 Å². The van der Waals surface area contributed by atoms with Gasteiger partial charge in [0.1, 0.15) is 0 Å². The predicted molar refractivity (Wildman–Crippen MR) is 37.0 cm³/mol. The molecule has 0 aromatic carbocycles. The van der Waals surface area contributed by atoms with Crippen LogP contribution in [0.15, 0.2) is 0 Å². The summed E-state index contributed by atoms with van der Waals surface area (Å²) < 4.78 is 32.8. The molecule has 0 aromatic heterocycles. The fourth-order valence-corrected chi connectivity index (χ4v) is 1.03. The lowest BCUT2D eigenvalue weighted by atomic mass is 10.1. The molecule has 0 unspecified atom stereocenters. The lowest BCUT2D eigenvalue weighted by Crippen LogP contribution is -2.26. The first-order valence-electron chi connectivity index (χ1n) is 2.95. The van der Waals surface area contributed by atoms with Crippen LogP contribution in [0, 0.1) is 0 Å². The van der Waals surface area contributed by atoms with Gasteiger partial charge in [-0.1, -0.05) is 6.92 Å². The summed E-state index contributed by atoms with van der Waals surface area (Å²) in [4.78, 5) is 0. The quantitative estimate of drug-likeness (QED) is 0.638. The Morgan fingerprint density at radius 3 is 2.00 bits per heavy atom. The molecule has 0 bridgehead atoms. The Kier molecular flexibility index (Phi) is 2.82.